The zero-order valence-corrected chi connectivity index (χ0v) is 5.64. The van der Waals surface area contributed by atoms with Gasteiger partial charge >= 0.3 is 0 Å². The molecule has 0 aromatic carbocycles. The van der Waals surface area contributed by atoms with Crippen LogP contribution < -0.4 is 11.3 Å². The lowest BCUT2D eigenvalue weighted by Gasteiger charge is -2.15. The van der Waals surface area contributed by atoms with Gasteiger partial charge in [-0.2, -0.15) is 0 Å². The molecular formula is C7H14N2. The molecule has 1 atom stereocenters. The Morgan fingerprint density at radius 2 is 2.44 bits per heavy atom. The fourth-order valence-corrected chi connectivity index (χ4v) is 1.21. The van der Waals surface area contributed by atoms with E-state index in [-0.39, 0.29) is 0 Å². The smallest absolute Gasteiger partial charge is 0.0129 e. The number of nitrogens with two attached hydrogens (primary N) is 1. The maximum absolute atomic E-state index is 5.19. The molecule has 0 radical (unpaired) electrons. The van der Waals surface area contributed by atoms with E-state index in [4.69, 9.17) is 5.84 Å². The van der Waals surface area contributed by atoms with Crippen molar-refractivity contribution in [3.05, 3.63) is 12.2 Å². The molecule has 0 saturated heterocycles. The fraction of sp³-hybridized carbons (Fsp3) is 0.714. The van der Waals surface area contributed by atoms with Crippen molar-refractivity contribution < 1.29 is 0 Å². The second kappa shape index (κ2) is 3.64. The number of rotatable bonds is 2. The molecule has 0 amide bonds. The molecule has 1 aliphatic rings. The summed E-state index contributed by atoms with van der Waals surface area (Å²) in [6, 6.07) is 0. The van der Waals surface area contributed by atoms with Crippen LogP contribution in [-0.4, -0.2) is 6.54 Å². The van der Waals surface area contributed by atoms with E-state index in [1.807, 2.05) is 0 Å². The largest absolute Gasteiger partial charge is 0.271 e. The minimum Gasteiger partial charge on any atom is -0.271 e. The van der Waals surface area contributed by atoms with Crippen molar-refractivity contribution in [2.75, 3.05) is 6.54 Å². The Morgan fingerprint density at radius 1 is 1.56 bits per heavy atom. The van der Waals surface area contributed by atoms with Crippen LogP contribution in [0.5, 0.6) is 0 Å². The van der Waals surface area contributed by atoms with Crippen molar-refractivity contribution in [3.63, 3.8) is 0 Å². The Kier molecular flexibility index (Phi) is 2.74. The highest BCUT2D eigenvalue weighted by atomic mass is 15.2. The van der Waals surface area contributed by atoms with Gasteiger partial charge in [0.2, 0.25) is 0 Å². The highest BCUT2D eigenvalue weighted by Gasteiger charge is 2.07. The molecule has 2 heteroatoms. The molecule has 1 rings (SSSR count). The van der Waals surface area contributed by atoms with Gasteiger partial charge in [-0.15, -0.1) is 0 Å². The van der Waals surface area contributed by atoms with Gasteiger partial charge in [0.25, 0.3) is 0 Å². The summed E-state index contributed by atoms with van der Waals surface area (Å²) in [5.41, 5.74) is 2.70. The van der Waals surface area contributed by atoms with Gasteiger partial charge in [-0.1, -0.05) is 12.2 Å². The molecule has 0 bridgehead atoms. The van der Waals surface area contributed by atoms with Crippen molar-refractivity contribution in [1.29, 1.82) is 0 Å². The molecule has 0 heterocycles. The highest BCUT2D eigenvalue weighted by molar-refractivity contribution is 4.90. The van der Waals surface area contributed by atoms with E-state index in [9.17, 15) is 0 Å². The van der Waals surface area contributed by atoms with E-state index in [0.29, 0.717) is 0 Å². The summed E-state index contributed by atoms with van der Waals surface area (Å²) in [6.45, 7) is 0.963. The average Bonchev–Trinajstić information content (AvgIpc) is 1.91. The van der Waals surface area contributed by atoms with Gasteiger partial charge < -0.3 is 0 Å². The summed E-state index contributed by atoms with van der Waals surface area (Å²) in [5, 5.41) is 0. The molecule has 0 aromatic heterocycles. The lowest BCUT2D eigenvalue weighted by molar-refractivity contribution is 0.447. The first-order valence-electron chi connectivity index (χ1n) is 3.52. The normalized spacial score (nSPS) is 26.6. The molecule has 0 saturated carbocycles. The summed E-state index contributed by atoms with van der Waals surface area (Å²) in [5.74, 6) is 5.96. The molecular weight excluding hydrogens is 112 g/mol. The van der Waals surface area contributed by atoms with Crippen LogP contribution in [0.2, 0.25) is 0 Å². The molecule has 1 aliphatic carbocycles. The first-order chi connectivity index (χ1) is 4.43. The third kappa shape index (κ3) is 2.16. The van der Waals surface area contributed by atoms with Crippen LogP contribution in [-0.2, 0) is 0 Å². The van der Waals surface area contributed by atoms with Gasteiger partial charge in [-0.05, 0) is 25.2 Å². The Labute approximate surface area is 56.1 Å². The Hall–Kier alpha value is -0.340. The van der Waals surface area contributed by atoms with Crippen molar-refractivity contribution in [1.82, 2.24) is 5.43 Å². The van der Waals surface area contributed by atoms with Crippen LogP contribution >= 0.6 is 0 Å². The van der Waals surface area contributed by atoms with E-state index in [1.165, 1.54) is 19.3 Å². The van der Waals surface area contributed by atoms with Crippen LogP contribution in [0.3, 0.4) is 0 Å². The maximum atomic E-state index is 5.19. The lowest BCUT2D eigenvalue weighted by Crippen LogP contribution is -2.29. The molecule has 0 aromatic rings. The molecule has 1 unspecified atom stereocenters. The van der Waals surface area contributed by atoms with Gasteiger partial charge in [0.1, 0.15) is 0 Å². The average molecular weight is 126 g/mol. The van der Waals surface area contributed by atoms with Gasteiger partial charge in [0.15, 0.2) is 0 Å². The number of allylic oxidation sites excluding steroid dienone is 2. The second-order valence-corrected chi connectivity index (χ2v) is 2.56. The molecule has 3 N–H and O–H groups in total. The molecule has 0 fully saturated rings. The summed E-state index contributed by atoms with van der Waals surface area (Å²) in [6.07, 6.45) is 8.20. The zero-order chi connectivity index (χ0) is 6.53. The van der Waals surface area contributed by atoms with Crippen LogP contribution in [0.25, 0.3) is 0 Å². The van der Waals surface area contributed by atoms with Gasteiger partial charge in [-0.3, -0.25) is 11.3 Å². The van der Waals surface area contributed by atoms with E-state index < -0.39 is 0 Å². The van der Waals surface area contributed by atoms with Crippen molar-refractivity contribution in [3.8, 4) is 0 Å². The maximum Gasteiger partial charge on any atom is 0.0129 e. The highest BCUT2D eigenvalue weighted by Crippen LogP contribution is 2.16. The Balaban J connectivity index is 2.18. The summed E-state index contributed by atoms with van der Waals surface area (Å²) in [4.78, 5) is 0. The fourth-order valence-electron chi connectivity index (χ4n) is 1.21. The topological polar surface area (TPSA) is 38.0 Å². The standard InChI is InChI=1S/C7H14N2/c8-9-6-7-4-2-1-3-5-7/h1-2,7,9H,3-6,8H2. The van der Waals surface area contributed by atoms with E-state index in [1.54, 1.807) is 0 Å². The van der Waals surface area contributed by atoms with Crippen LogP contribution in [0.4, 0.5) is 0 Å². The molecule has 52 valence electrons. The third-order valence-electron chi connectivity index (χ3n) is 1.78. The Morgan fingerprint density at radius 3 is 3.00 bits per heavy atom. The molecule has 9 heavy (non-hydrogen) atoms. The lowest BCUT2D eigenvalue weighted by atomic mass is 9.95. The van der Waals surface area contributed by atoms with Crippen LogP contribution in [0.15, 0.2) is 12.2 Å². The van der Waals surface area contributed by atoms with Gasteiger partial charge in [-0.25, -0.2) is 0 Å². The van der Waals surface area contributed by atoms with E-state index >= 15 is 0 Å². The Bertz CT molecular complexity index is 99.1. The van der Waals surface area contributed by atoms with Crippen LogP contribution in [0, 0.1) is 5.92 Å². The summed E-state index contributed by atoms with van der Waals surface area (Å²) >= 11 is 0. The predicted octanol–water partition coefficient (Wildman–Crippen LogP) is 0.806. The SMILES string of the molecule is NNCC1CC=CCC1. The monoisotopic (exact) mass is 126 g/mol. The second-order valence-electron chi connectivity index (χ2n) is 2.56. The van der Waals surface area contributed by atoms with Crippen LogP contribution in [0.1, 0.15) is 19.3 Å². The predicted molar refractivity (Wildman–Crippen MR) is 38.7 cm³/mol. The first kappa shape index (κ1) is 6.78. The first-order valence-corrected chi connectivity index (χ1v) is 3.52. The number of nitrogens with one attached hydrogen (secondary N) is 1. The van der Waals surface area contributed by atoms with Crippen molar-refractivity contribution in [2.24, 2.45) is 11.8 Å². The van der Waals surface area contributed by atoms with Gasteiger partial charge in [0, 0.05) is 6.54 Å². The molecule has 0 aliphatic heterocycles. The molecule has 2 nitrogen and oxygen atoms in total. The zero-order valence-electron chi connectivity index (χ0n) is 5.64. The minimum absolute atomic E-state index is 0.778. The number of hydrazine groups is 1. The van der Waals surface area contributed by atoms with Crippen molar-refractivity contribution in [2.45, 2.75) is 19.3 Å². The quantitative estimate of drug-likeness (QED) is 0.326. The van der Waals surface area contributed by atoms with Crippen molar-refractivity contribution >= 4 is 0 Å². The van der Waals surface area contributed by atoms with E-state index in [2.05, 4.69) is 17.6 Å². The number of hydrogen-bond donors (Lipinski definition) is 2. The number of hydrogen-bond acceptors (Lipinski definition) is 2. The third-order valence-corrected chi connectivity index (χ3v) is 1.78. The molecule has 0 spiro atoms. The summed E-state index contributed by atoms with van der Waals surface area (Å²) in [7, 11) is 0. The van der Waals surface area contributed by atoms with E-state index in [0.717, 1.165) is 12.5 Å². The summed E-state index contributed by atoms with van der Waals surface area (Å²) < 4.78 is 0. The van der Waals surface area contributed by atoms with Gasteiger partial charge in [0.05, 0.1) is 0 Å². The minimum atomic E-state index is 0.778.